The van der Waals surface area contributed by atoms with Crippen LogP contribution < -0.4 is 19.6 Å². The zero-order valence-corrected chi connectivity index (χ0v) is 18.3. The van der Waals surface area contributed by atoms with E-state index in [1.54, 1.807) is 28.5 Å². The van der Waals surface area contributed by atoms with Crippen molar-refractivity contribution in [2.45, 2.75) is 0 Å². The molecule has 0 saturated carbocycles. The van der Waals surface area contributed by atoms with Gasteiger partial charge in [-0.15, -0.1) is 0 Å². The molecule has 2 aromatic carbocycles. The van der Waals surface area contributed by atoms with Crippen LogP contribution in [0.5, 0.6) is 11.5 Å². The predicted molar refractivity (Wildman–Crippen MR) is 122 cm³/mol. The van der Waals surface area contributed by atoms with E-state index in [1.165, 1.54) is 11.3 Å². The molecule has 0 bridgehead atoms. The summed E-state index contributed by atoms with van der Waals surface area (Å²) in [5, 5.41) is 0. The molecule has 32 heavy (non-hydrogen) atoms. The molecule has 0 N–H and O–H groups in total. The Bertz CT molecular complexity index is 1400. The average Bonchev–Trinajstić information content (AvgIpc) is 3.34. The third-order valence-corrected chi connectivity index (χ3v) is 6.31. The maximum absolute atomic E-state index is 13.0. The van der Waals surface area contributed by atoms with E-state index in [0.29, 0.717) is 47.3 Å². The van der Waals surface area contributed by atoms with Crippen molar-refractivity contribution in [3.05, 3.63) is 62.9 Å². The normalized spacial score (nSPS) is 14.9. The molecule has 0 spiro atoms. The Labute approximate surface area is 187 Å². The number of methoxy groups -OCH3 is 1. The Balaban J connectivity index is 1.40. The Hall–Kier alpha value is -3.43. The lowest BCUT2D eigenvalue weighted by Crippen LogP contribution is -2.43. The number of amides is 1. The second-order valence-corrected chi connectivity index (χ2v) is 8.34. The molecule has 0 atom stereocenters. The molecule has 9 heteroatoms. The summed E-state index contributed by atoms with van der Waals surface area (Å²) in [5.41, 5.74) is 2.29. The number of para-hydroxylation sites is 2. The van der Waals surface area contributed by atoms with Gasteiger partial charge in [-0.1, -0.05) is 29.5 Å². The third-order valence-electron chi connectivity index (χ3n) is 5.35. The fraction of sp³-hybridized carbons (Fsp3) is 0.261. The molecular formula is C23H21N3O5S. The Morgan fingerprint density at radius 3 is 2.81 bits per heavy atom. The lowest BCUT2D eigenvalue weighted by Gasteiger charge is -2.26. The number of imidazole rings is 1. The van der Waals surface area contributed by atoms with Crippen LogP contribution in [0.15, 0.2) is 47.3 Å². The molecule has 1 aliphatic heterocycles. The summed E-state index contributed by atoms with van der Waals surface area (Å²) in [6.45, 7) is 2.17. The summed E-state index contributed by atoms with van der Waals surface area (Å²) in [6, 6.07) is 12.9. The maximum Gasteiger partial charge on any atom is 0.274 e. The monoisotopic (exact) mass is 451 g/mol. The summed E-state index contributed by atoms with van der Waals surface area (Å²) in [5.74, 6) is 0.879. The number of aromatic nitrogens is 2. The summed E-state index contributed by atoms with van der Waals surface area (Å²) < 4.78 is 18.6. The van der Waals surface area contributed by atoms with Gasteiger partial charge < -0.3 is 19.1 Å². The van der Waals surface area contributed by atoms with Crippen molar-refractivity contribution in [2.24, 2.45) is 0 Å². The molecule has 1 fully saturated rings. The number of carbonyl (C=O) groups excluding carboxylic acids is 1. The fourth-order valence-corrected chi connectivity index (χ4v) is 4.69. The first-order valence-electron chi connectivity index (χ1n) is 10.2. The lowest BCUT2D eigenvalue weighted by molar-refractivity contribution is -0.137. The number of fused-ring (bicyclic) bond motifs is 3. The number of ether oxygens (including phenoxy) is 3. The van der Waals surface area contributed by atoms with Gasteiger partial charge in [0.05, 0.1) is 35.9 Å². The number of nitrogens with zero attached hydrogens (tertiary/aromatic N) is 3. The predicted octanol–water partition coefficient (Wildman–Crippen LogP) is 1.70. The molecule has 0 unspecified atom stereocenters. The topological polar surface area (TPSA) is 82.4 Å². The zero-order valence-electron chi connectivity index (χ0n) is 17.4. The van der Waals surface area contributed by atoms with Gasteiger partial charge in [0.2, 0.25) is 0 Å². The van der Waals surface area contributed by atoms with Gasteiger partial charge >= 0.3 is 0 Å². The van der Waals surface area contributed by atoms with Crippen LogP contribution in [0, 0.1) is 0 Å². The van der Waals surface area contributed by atoms with Gasteiger partial charge in [0.25, 0.3) is 11.5 Å². The molecule has 1 aliphatic rings. The van der Waals surface area contributed by atoms with Crippen molar-refractivity contribution < 1.29 is 19.0 Å². The largest absolute Gasteiger partial charge is 0.493 e. The van der Waals surface area contributed by atoms with Crippen molar-refractivity contribution in [1.29, 1.82) is 0 Å². The van der Waals surface area contributed by atoms with Gasteiger partial charge in [-0.05, 0) is 35.9 Å². The standard InChI is InChI=1S/C23H21N3O5S/c1-29-19-12-15(6-7-18(19)31-14-21(27)25-8-10-30-11-9-25)13-20-22(28)26-17-5-3-2-4-16(17)24-23(26)32-20/h2-7,12-13H,8-11,14H2,1H3/b20-13-. The van der Waals surface area contributed by atoms with E-state index in [4.69, 9.17) is 14.2 Å². The maximum atomic E-state index is 13.0. The van der Waals surface area contributed by atoms with Crippen LogP contribution in [0.1, 0.15) is 5.56 Å². The number of benzene rings is 2. The Kier molecular flexibility index (Phi) is 5.50. The number of morpholine rings is 1. The highest BCUT2D eigenvalue weighted by atomic mass is 32.1. The Morgan fingerprint density at radius 2 is 2.00 bits per heavy atom. The second kappa shape index (κ2) is 8.60. The van der Waals surface area contributed by atoms with Gasteiger partial charge in [-0.25, -0.2) is 9.38 Å². The van der Waals surface area contributed by atoms with E-state index < -0.39 is 0 Å². The lowest BCUT2D eigenvalue weighted by atomic mass is 10.2. The molecule has 4 aromatic rings. The van der Waals surface area contributed by atoms with Crippen molar-refractivity contribution in [3.63, 3.8) is 0 Å². The molecule has 0 radical (unpaired) electrons. The SMILES string of the molecule is COc1cc(/C=c2\sc3nc4ccccc4n3c2=O)ccc1OCC(=O)N1CCOCC1. The minimum absolute atomic E-state index is 0.0701. The first-order valence-corrected chi connectivity index (χ1v) is 11.0. The highest BCUT2D eigenvalue weighted by Gasteiger charge is 2.18. The molecule has 3 heterocycles. The van der Waals surface area contributed by atoms with Gasteiger partial charge in [-0.2, -0.15) is 0 Å². The van der Waals surface area contributed by atoms with E-state index in [9.17, 15) is 9.59 Å². The van der Waals surface area contributed by atoms with E-state index in [0.717, 1.165) is 16.6 Å². The number of thiazole rings is 1. The molecule has 0 aliphatic carbocycles. The van der Waals surface area contributed by atoms with Crippen LogP contribution in [0.4, 0.5) is 0 Å². The minimum atomic E-state index is -0.103. The highest BCUT2D eigenvalue weighted by Crippen LogP contribution is 2.28. The number of hydrogen-bond acceptors (Lipinski definition) is 7. The first kappa shape index (κ1) is 20.5. The molecule has 1 saturated heterocycles. The summed E-state index contributed by atoms with van der Waals surface area (Å²) in [4.78, 5) is 32.2. The molecule has 164 valence electrons. The molecule has 5 rings (SSSR count). The zero-order chi connectivity index (χ0) is 22.1. The molecular weight excluding hydrogens is 430 g/mol. The van der Waals surface area contributed by atoms with Crippen molar-refractivity contribution >= 4 is 39.3 Å². The van der Waals surface area contributed by atoms with Crippen LogP contribution in [-0.2, 0) is 9.53 Å². The number of carbonyl (C=O) groups is 1. The van der Waals surface area contributed by atoms with Crippen molar-refractivity contribution in [3.8, 4) is 11.5 Å². The van der Waals surface area contributed by atoms with Crippen LogP contribution >= 0.6 is 11.3 Å². The second-order valence-electron chi connectivity index (χ2n) is 7.33. The summed E-state index contributed by atoms with van der Waals surface area (Å²) in [7, 11) is 1.54. The van der Waals surface area contributed by atoms with E-state index in [2.05, 4.69) is 4.98 Å². The minimum Gasteiger partial charge on any atom is -0.493 e. The van der Waals surface area contributed by atoms with Crippen LogP contribution in [0.2, 0.25) is 0 Å². The van der Waals surface area contributed by atoms with Crippen LogP contribution in [0.25, 0.3) is 22.1 Å². The van der Waals surface area contributed by atoms with E-state index in [1.807, 2.05) is 36.4 Å². The van der Waals surface area contributed by atoms with Gasteiger partial charge in [0.1, 0.15) is 0 Å². The van der Waals surface area contributed by atoms with Gasteiger partial charge in [0.15, 0.2) is 23.1 Å². The smallest absolute Gasteiger partial charge is 0.274 e. The molecule has 8 nitrogen and oxygen atoms in total. The Morgan fingerprint density at radius 1 is 1.19 bits per heavy atom. The first-order chi connectivity index (χ1) is 15.6. The summed E-state index contributed by atoms with van der Waals surface area (Å²) in [6.07, 6.45) is 1.81. The molecule has 1 amide bonds. The average molecular weight is 452 g/mol. The van der Waals surface area contributed by atoms with Gasteiger partial charge in [-0.3, -0.25) is 9.59 Å². The van der Waals surface area contributed by atoms with Crippen molar-refractivity contribution in [1.82, 2.24) is 14.3 Å². The number of rotatable bonds is 5. The van der Waals surface area contributed by atoms with E-state index in [-0.39, 0.29) is 18.1 Å². The summed E-state index contributed by atoms with van der Waals surface area (Å²) >= 11 is 1.34. The number of hydrogen-bond donors (Lipinski definition) is 0. The fourth-order valence-electron chi connectivity index (χ4n) is 3.70. The van der Waals surface area contributed by atoms with Gasteiger partial charge in [0, 0.05) is 13.1 Å². The molecule has 2 aromatic heterocycles. The van der Waals surface area contributed by atoms with Crippen LogP contribution in [-0.4, -0.2) is 60.2 Å². The van der Waals surface area contributed by atoms with Crippen molar-refractivity contribution in [2.75, 3.05) is 40.0 Å². The highest BCUT2D eigenvalue weighted by molar-refractivity contribution is 7.15. The third kappa shape index (κ3) is 3.80. The van der Waals surface area contributed by atoms with Crippen LogP contribution in [0.3, 0.4) is 0 Å². The van der Waals surface area contributed by atoms with E-state index >= 15 is 0 Å². The quantitative estimate of drug-likeness (QED) is 0.460.